The molecule has 1 saturated carbocycles. The van der Waals surface area contributed by atoms with Gasteiger partial charge in [0.1, 0.15) is 11.9 Å². The van der Waals surface area contributed by atoms with Crippen LogP contribution in [-0.2, 0) is 32.7 Å². The Morgan fingerprint density at radius 3 is 2.29 bits per heavy atom. The first-order chi connectivity index (χ1) is 21.6. The quantitative estimate of drug-likeness (QED) is 0.288. The molecule has 0 unspecified atom stereocenters. The molecule has 1 aliphatic carbocycles. The molecule has 3 aromatic rings. The lowest BCUT2D eigenvalue weighted by Gasteiger charge is -2.43. The molecular weight excluding hydrogens is 603 g/mol. The van der Waals surface area contributed by atoms with Gasteiger partial charge in [0, 0.05) is 19.6 Å². The molecule has 0 aromatic heterocycles. The highest BCUT2D eigenvalue weighted by Gasteiger charge is 2.56. The Bertz CT molecular complexity index is 1640. The number of hydrogen-bond acceptors (Lipinski definition) is 5. The molecular formula is C34H38F3N3O4S. The minimum absolute atomic E-state index is 0.0173. The second kappa shape index (κ2) is 13.9. The van der Waals surface area contributed by atoms with Gasteiger partial charge in [-0.05, 0) is 66.3 Å². The van der Waals surface area contributed by atoms with Crippen molar-refractivity contribution in [3.63, 3.8) is 0 Å². The summed E-state index contributed by atoms with van der Waals surface area (Å²) in [6, 6.07) is 17.2. The maximum atomic E-state index is 14.5. The summed E-state index contributed by atoms with van der Waals surface area (Å²) >= 11 is 0. The summed E-state index contributed by atoms with van der Waals surface area (Å²) in [6.45, 7) is 1.98. The van der Waals surface area contributed by atoms with Crippen LogP contribution in [0.1, 0.15) is 55.7 Å². The van der Waals surface area contributed by atoms with Gasteiger partial charge in [-0.15, -0.1) is 0 Å². The van der Waals surface area contributed by atoms with E-state index in [-0.39, 0.29) is 37.8 Å². The van der Waals surface area contributed by atoms with E-state index < -0.39 is 45.0 Å². The fraction of sp³-hybridized carbons (Fsp3) is 0.382. The van der Waals surface area contributed by atoms with E-state index in [0.717, 1.165) is 37.0 Å². The van der Waals surface area contributed by atoms with Crippen molar-refractivity contribution >= 4 is 20.8 Å². The van der Waals surface area contributed by atoms with E-state index in [0.29, 0.717) is 29.5 Å². The molecule has 11 heteroatoms. The van der Waals surface area contributed by atoms with Crippen LogP contribution in [0.2, 0.25) is 0 Å². The monoisotopic (exact) mass is 641 g/mol. The third-order valence-corrected chi connectivity index (χ3v) is 10.8. The van der Waals surface area contributed by atoms with Crippen LogP contribution in [0, 0.1) is 17.5 Å². The lowest BCUT2D eigenvalue weighted by Crippen LogP contribution is -2.52. The lowest BCUT2D eigenvalue weighted by atomic mass is 9.75. The fourth-order valence-electron chi connectivity index (χ4n) is 6.45. The number of likely N-dealkylation sites (N-methyl/N-ethyl adjacent to an activating group) is 1. The Balaban J connectivity index is 1.47. The van der Waals surface area contributed by atoms with Gasteiger partial charge >= 0.3 is 0 Å². The summed E-state index contributed by atoms with van der Waals surface area (Å²) in [5.41, 5.74) is 7.61. The zero-order valence-corrected chi connectivity index (χ0v) is 26.0. The Labute approximate surface area is 262 Å². The molecule has 7 nitrogen and oxygen atoms in total. The third kappa shape index (κ3) is 6.86. The third-order valence-electron chi connectivity index (χ3n) is 8.73. The molecule has 5 rings (SSSR count). The molecule has 2 N–H and O–H groups in total. The largest absolute Gasteiger partial charge is 0.375 e. The number of nitrogens with zero attached hydrogens (tertiary/aromatic N) is 2. The van der Waals surface area contributed by atoms with Crippen molar-refractivity contribution in [1.29, 1.82) is 0 Å². The average molecular weight is 642 g/mol. The minimum atomic E-state index is -4.06. The van der Waals surface area contributed by atoms with Gasteiger partial charge in [-0.3, -0.25) is 4.79 Å². The zero-order valence-electron chi connectivity index (χ0n) is 25.2. The van der Waals surface area contributed by atoms with Crippen LogP contribution in [0.4, 0.5) is 13.2 Å². The van der Waals surface area contributed by atoms with Crippen LogP contribution < -0.4 is 5.73 Å². The van der Waals surface area contributed by atoms with Gasteiger partial charge < -0.3 is 15.4 Å². The summed E-state index contributed by atoms with van der Waals surface area (Å²) in [7, 11) is -4.06. The van der Waals surface area contributed by atoms with Crippen molar-refractivity contribution in [1.82, 2.24) is 9.21 Å². The summed E-state index contributed by atoms with van der Waals surface area (Å²) < 4.78 is 77.1. The number of carbonyl (C=O) groups excluding carboxylic acids is 1. The lowest BCUT2D eigenvalue weighted by molar-refractivity contribution is -0.133. The van der Waals surface area contributed by atoms with Crippen LogP contribution in [-0.4, -0.2) is 54.8 Å². The van der Waals surface area contributed by atoms with Crippen molar-refractivity contribution in [2.24, 2.45) is 5.73 Å². The van der Waals surface area contributed by atoms with E-state index in [1.807, 2.05) is 30.3 Å². The molecule has 0 saturated heterocycles. The summed E-state index contributed by atoms with van der Waals surface area (Å²) in [5.74, 6) is -2.88. The Morgan fingerprint density at radius 2 is 1.64 bits per heavy atom. The van der Waals surface area contributed by atoms with E-state index in [1.165, 1.54) is 35.2 Å². The number of ether oxygens (including phenoxy) is 1. The highest BCUT2D eigenvalue weighted by molar-refractivity contribution is 7.98. The molecule has 240 valence electrons. The maximum absolute atomic E-state index is 14.5. The van der Waals surface area contributed by atoms with E-state index in [1.54, 1.807) is 11.2 Å². The summed E-state index contributed by atoms with van der Waals surface area (Å²) in [4.78, 5) is 15.3. The molecule has 0 bridgehead atoms. The van der Waals surface area contributed by atoms with Crippen molar-refractivity contribution < 1.29 is 31.1 Å². The van der Waals surface area contributed by atoms with E-state index >= 15 is 0 Å². The molecule has 1 atom stereocenters. The van der Waals surface area contributed by atoms with Gasteiger partial charge in [0.15, 0.2) is 11.6 Å². The number of benzene rings is 3. The molecule has 0 radical (unpaired) electrons. The predicted octanol–water partition coefficient (Wildman–Crippen LogP) is 5.76. The summed E-state index contributed by atoms with van der Waals surface area (Å²) in [6.07, 6.45) is 3.79. The van der Waals surface area contributed by atoms with Crippen LogP contribution >= 0.6 is 0 Å². The Morgan fingerprint density at radius 1 is 0.956 bits per heavy atom. The van der Waals surface area contributed by atoms with Crippen LogP contribution in [0.5, 0.6) is 0 Å². The van der Waals surface area contributed by atoms with Gasteiger partial charge in [-0.25, -0.2) is 21.6 Å². The highest BCUT2D eigenvalue weighted by Crippen LogP contribution is 2.52. The van der Waals surface area contributed by atoms with Crippen LogP contribution in [0.15, 0.2) is 78.4 Å². The van der Waals surface area contributed by atoms with Crippen molar-refractivity contribution in [3.05, 3.63) is 113 Å². The predicted molar refractivity (Wildman–Crippen MR) is 166 cm³/mol. The van der Waals surface area contributed by atoms with Crippen molar-refractivity contribution in [2.45, 2.75) is 63.8 Å². The van der Waals surface area contributed by atoms with E-state index in [4.69, 9.17) is 10.5 Å². The number of sulfonamides is 1. The second-order valence-electron chi connectivity index (χ2n) is 11.6. The van der Waals surface area contributed by atoms with Crippen molar-refractivity contribution in [3.8, 4) is 0 Å². The van der Waals surface area contributed by atoms with Crippen molar-refractivity contribution in [2.75, 3.05) is 19.7 Å². The van der Waals surface area contributed by atoms with Gasteiger partial charge in [-0.2, -0.15) is 4.31 Å². The number of carbonyl (C=O) groups is 1. The molecule has 45 heavy (non-hydrogen) atoms. The van der Waals surface area contributed by atoms with E-state index in [2.05, 4.69) is 0 Å². The fourth-order valence-corrected chi connectivity index (χ4v) is 8.74. The van der Waals surface area contributed by atoms with E-state index in [9.17, 15) is 26.4 Å². The standard InChI is InChI=1S/C34H38F3N3O4S/c1-2-39(33(41)31(38)23-44-22-25-11-16-29(36)30(37)19-25)21-28-32(26-12-14-27(35)15-13-26)45(42,43)40(20-24-9-5-3-6-10-24)34(28)17-7-4-8-18-34/h3,5-6,9-16,19,31H,2,4,7-8,17-18,20-23,38H2,1H3/t31-/m1/s1. The minimum Gasteiger partial charge on any atom is -0.375 e. The second-order valence-corrected chi connectivity index (χ2v) is 13.4. The summed E-state index contributed by atoms with van der Waals surface area (Å²) in [5, 5.41) is 0. The molecule has 1 aliphatic heterocycles. The van der Waals surface area contributed by atoms with Crippen LogP contribution in [0.3, 0.4) is 0 Å². The molecule has 1 spiro atoms. The average Bonchev–Trinajstić information content (AvgIpc) is 3.20. The molecule has 3 aromatic carbocycles. The molecule has 1 amide bonds. The van der Waals surface area contributed by atoms with Gasteiger partial charge in [0.25, 0.3) is 0 Å². The molecule has 2 aliphatic rings. The van der Waals surface area contributed by atoms with Gasteiger partial charge in [-0.1, -0.05) is 67.8 Å². The topological polar surface area (TPSA) is 92.9 Å². The first-order valence-electron chi connectivity index (χ1n) is 15.2. The van der Waals surface area contributed by atoms with Crippen LogP contribution in [0.25, 0.3) is 4.91 Å². The van der Waals surface area contributed by atoms with Gasteiger partial charge in [0.2, 0.25) is 15.9 Å². The first-order valence-corrected chi connectivity index (χ1v) is 16.6. The smallest absolute Gasteiger partial charge is 0.244 e. The highest BCUT2D eigenvalue weighted by atomic mass is 32.2. The zero-order chi connectivity index (χ0) is 32.2. The molecule has 1 heterocycles. The normalized spacial score (nSPS) is 18.3. The SMILES string of the molecule is CCN(CC1=C(c2ccc(F)cc2)S(=O)(=O)N(Cc2ccccc2)C12CCCCC2)C(=O)[C@H](N)COCc1ccc(F)c(F)c1. The number of nitrogens with two attached hydrogens (primary N) is 1. The number of hydrogen-bond donors (Lipinski definition) is 1. The first kappa shape index (κ1) is 32.9. The Hall–Kier alpha value is -3.51. The number of halogens is 3. The maximum Gasteiger partial charge on any atom is 0.244 e. The molecule has 1 fully saturated rings. The number of rotatable bonds is 11. The Kier molecular flexibility index (Phi) is 10.1. The number of amides is 1. The van der Waals surface area contributed by atoms with Gasteiger partial charge in [0.05, 0.1) is 23.7 Å².